The molecule has 4 heteroatoms. The van der Waals surface area contributed by atoms with Crippen molar-refractivity contribution >= 4 is 5.69 Å². The molecule has 0 unspecified atom stereocenters. The van der Waals surface area contributed by atoms with Crippen LogP contribution in [0.1, 0.15) is 11.1 Å². The molecule has 0 fully saturated rings. The van der Waals surface area contributed by atoms with Gasteiger partial charge in [0.25, 0.3) is 0 Å². The summed E-state index contributed by atoms with van der Waals surface area (Å²) in [4.78, 5) is 2.99. The van der Waals surface area contributed by atoms with Gasteiger partial charge in [-0.05, 0) is 23.8 Å². The molecule has 0 atom stereocenters. The van der Waals surface area contributed by atoms with Crippen LogP contribution in [0.5, 0.6) is 5.75 Å². The molecule has 4 nitrogen and oxygen atoms in total. The van der Waals surface area contributed by atoms with Gasteiger partial charge in [-0.2, -0.15) is 5.26 Å². The van der Waals surface area contributed by atoms with E-state index in [1.54, 1.807) is 19.2 Å². The highest BCUT2D eigenvalue weighted by Gasteiger charge is 2.08. The van der Waals surface area contributed by atoms with Crippen molar-refractivity contribution < 1.29 is 4.74 Å². The van der Waals surface area contributed by atoms with Gasteiger partial charge >= 0.3 is 0 Å². The topological polar surface area (TPSA) is 60.8 Å². The Morgan fingerprint density at radius 1 is 1.41 bits per heavy atom. The minimum absolute atomic E-state index is 0.583. The molecule has 86 valence electrons. The smallest absolute Gasteiger partial charge is 0.143 e. The molecule has 0 bridgehead atoms. The van der Waals surface area contributed by atoms with Crippen LogP contribution in [0.25, 0.3) is 0 Å². The van der Waals surface area contributed by atoms with Gasteiger partial charge in [0.05, 0.1) is 18.4 Å². The number of nitrogens with one attached hydrogen (secondary N) is 2. The lowest BCUT2D eigenvalue weighted by atomic mass is 10.1. The minimum Gasteiger partial charge on any atom is -0.495 e. The van der Waals surface area contributed by atoms with Crippen LogP contribution in [-0.4, -0.2) is 12.1 Å². The molecule has 2 rings (SSSR count). The average molecular weight is 227 g/mol. The third-order valence-corrected chi connectivity index (χ3v) is 2.50. The third-order valence-electron chi connectivity index (χ3n) is 2.50. The third kappa shape index (κ3) is 2.40. The number of benzene rings is 1. The van der Waals surface area contributed by atoms with E-state index in [1.807, 2.05) is 24.5 Å². The quantitative estimate of drug-likeness (QED) is 0.843. The van der Waals surface area contributed by atoms with Gasteiger partial charge in [-0.25, -0.2) is 0 Å². The average Bonchev–Trinajstić information content (AvgIpc) is 2.88. The first-order chi connectivity index (χ1) is 8.35. The minimum atomic E-state index is 0.583. The molecule has 0 aliphatic rings. The summed E-state index contributed by atoms with van der Waals surface area (Å²) in [7, 11) is 1.60. The van der Waals surface area contributed by atoms with E-state index in [-0.39, 0.29) is 0 Å². The second kappa shape index (κ2) is 5.08. The number of anilines is 1. The summed E-state index contributed by atoms with van der Waals surface area (Å²) in [5.74, 6) is 0.680. The van der Waals surface area contributed by atoms with E-state index < -0.39 is 0 Å². The number of aromatic amines is 1. The van der Waals surface area contributed by atoms with Crippen molar-refractivity contribution in [3.8, 4) is 11.8 Å². The summed E-state index contributed by atoms with van der Waals surface area (Å²) >= 11 is 0. The van der Waals surface area contributed by atoms with E-state index in [0.29, 0.717) is 17.9 Å². The number of hydrogen-bond acceptors (Lipinski definition) is 3. The van der Waals surface area contributed by atoms with E-state index in [9.17, 15) is 0 Å². The number of methoxy groups -OCH3 is 1. The molecule has 0 spiro atoms. The van der Waals surface area contributed by atoms with Crippen LogP contribution in [0.15, 0.2) is 36.7 Å². The molecule has 0 aliphatic heterocycles. The molecule has 0 saturated carbocycles. The maximum absolute atomic E-state index is 9.04. The summed E-state index contributed by atoms with van der Waals surface area (Å²) < 4.78 is 5.24. The summed E-state index contributed by atoms with van der Waals surface area (Å²) in [6.45, 7) is 0.651. The van der Waals surface area contributed by atoms with Crippen molar-refractivity contribution in [1.29, 1.82) is 5.26 Å². The van der Waals surface area contributed by atoms with Crippen molar-refractivity contribution in [2.24, 2.45) is 0 Å². The van der Waals surface area contributed by atoms with Crippen molar-refractivity contribution in [2.75, 3.05) is 12.4 Å². The molecule has 0 radical (unpaired) electrons. The molecule has 17 heavy (non-hydrogen) atoms. The van der Waals surface area contributed by atoms with Gasteiger partial charge in [0.2, 0.25) is 0 Å². The summed E-state index contributed by atoms with van der Waals surface area (Å²) in [6.07, 6.45) is 3.78. The van der Waals surface area contributed by atoms with Gasteiger partial charge in [0, 0.05) is 18.9 Å². The molecular formula is C13H13N3O. The number of H-pyrrole nitrogens is 1. The van der Waals surface area contributed by atoms with Crippen LogP contribution < -0.4 is 10.1 Å². The summed E-state index contributed by atoms with van der Waals surface area (Å²) in [6, 6.07) is 9.53. The first-order valence-corrected chi connectivity index (χ1v) is 5.28. The van der Waals surface area contributed by atoms with Gasteiger partial charge in [0.15, 0.2) is 0 Å². The largest absolute Gasteiger partial charge is 0.495 e. The van der Waals surface area contributed by atoms with E-state index in [2.05, 4.69) is 16.4 Å². The van der Waals surface area contributed by atoms with Crippen LogP contribution in [0, 0.1) is 11.3 Å². The fourth-order valence-electron chi connectivity index (χ4n) is 1.64. The first kappa shape index (κ1) is 11.1. The molecule has 2 N–H and O–H groups in total. The lowest BCUT2D eigenvalue weighted by molar-refractivity contribution is 0.416. The molecule has 0 saturated heterocycles. The lowest BCUT2D eigenvalue weighted by Gasteiger charge is -2.11. The van der Waals surface area contributed by atoms with Crippen LogP contribution in [0.2, 0.25) is 0 Å². The van der Waals surface area contributed by atoms with Gasteiger partial charge in [-0.3, -0.25) is 0 Å². The number of nitriles is 1. The highest BCUT2D eigenvalue weighted by molar-refractivity contribution is 5.66. The van der Waals surface area contributed by atoms with Crippen molar-refractivity contribution in [1.82, 2.24) is 4.98 Å². The monoisotopic (exact) mass is 227 g/mol. The predicted octanol–water partition coefficient (Wildman–Crippen LogP) is 2.51. The number of rotatable bonds is 4. The second-order valence-electron chi connectivity index (χ2n) is 3.57. The first-order valence-electron chi connectivity index (χ1n) is 5.28. The fraction of sp³-hybridized carbons (Fsp3) is 0.154. The van der Waals surface area contributed by atoms with Gasteiger partial charge in [-0.1, -0.05) is 6.07 Å². The normalized spacial score (nSPS) is 9.65. The van der Waals surface area contributed by atoms with Crippen molar-refractivity contribution in [3.63, 3.8) is 0 Å². The van der Waals surface area contributed by atoms with E-state index in [4.69, 9.17) is 10.00 Å². The maximum Gasteiger partial charge on any atom is 0.143 e. The zero-order valence-electron chi connectivity index (χ0n) is 9.53. The number of hydrogen-bond donors (Lipinski definition) is 2. The van der Waals surface area contributed by atoms with E-state index in [0.717, 1.165) is 11.3 Å². The zero-order chi connectivity index (χ0) is 12.1. The van der Waals surface area contributed by atoms with Crippen molar-refractivity contribution in [3.05, 3.63) is 47.8 Å². The Morgan fingerprint density at radius 3 is 2.94 bits per heavy atom. The van der Waals surface area contributed by atoms with E-state index >= 15 is 0 Å². The molecule has 2 aromatic rings. The zero-order valence-corrected chi connectivity index (χ0v) is 9.53. The Labute approximate surface area is 99.8 Å². The lowest BCUT2D eigenvalue weighted by Crippen LogP contribution is -2.02. The number of para-hydroxylation sites is 1. The highest BCUT2D eigenvalue weighted by atomic mass is 16.5. The Hall–Kier alpha value is -2.41. The van der Waals surface area contributed by atoms with Crippen molar-refractivity contribution in [2.45, 2.75) is 6.54 Å². The van der Waals surface area contributed by atoms with Gasteiger partial charge in [-0.15, -0.1) is 0 Å². The van der Waals surface area contributed by atoms with Gasteiger partial charge in [0.1, 0.15) is 11.8 Å². The van der Waals surface area contributed by atoms with Crippen LogP contribution in [0.4, 0.5) is 5.69 Å². The molecule has 0 aliphatic carbocycles. The van der Waals surface area contributed by atoms with Crippen LogP contribution >= 0.6 is 0 Å². The molecule has 0 amide bonds. The molecule has 1 aromatic heterocycles. The highest BCUT2D eigenvalue weighted by Crippen LogP contribution is 2.28. The van der Waals surface area contributed by atoms with Crippen LogP contribution in [0.3, 0.4) is 0 Å². The maximum atomic E-state index is 9.04. The standard InChI is InChI=1S/C13H13N3O/c1-17-12-4-2-3-11(7-14)13(12)16-9-10-5-6-15-8-10/h2-6,8,15-16H,9H2,1H3. The van der Waals surface area contributed by atoms with Gasteiger partial charge < -0.3 is 15.0 Å². The Bertz CT molecular complexity index is 526. The number of aromatic nitrogens is 1. The Kier molecular flexibility index (Phi) is 3.31. The van der Waals surface area contributed by atoms with E-state index in [1.165, 1.54) is 0 Å². The number of nitrogens with zero attached hydrogens (tertiary/aromatic N) is 1. The molecular weight excluding hydrogens is 214 g/mol. The Morgan fingerprint density at radius 2 is 2.29 bits per heavy atom. The fourth-order valence-corrected chi connectivity index (χ4v) is 1.64. The second-order valence-corrected chi connectivity index (χ2v) is 3.57. The SMILES string of the molecule is COc1cccc(C#N)c1NCc1cc[nH]c1. The molecule has 1 heterocycles. The Balaban J connectivity index is 2.22. The predicted molar refractivity (Wildman–Crippen MR) is 65.8 cm³/mol. The molecule has 1 aromatic carbocycles. The van der Waals surface area contributed by atoms with Crippen LogP contribution in [-0.2, 0) is 6.54 Å². The summed E-state index contributed by atoms with van der Waals surface area (Å²) in [5.41, 5.74) is 2.44. The number of ether oxygens (including phenoxy) is 1. The summed E-state index contributed by atoms with van der Waals surface area (Å²) in [5, 5.41) is 12.3.